The fourth-order valence-electron chi connectivity index (χ4n) is 3.27. The number of benzene rings is 1. The van der Waals surface area contributed by atoms with Gasteiger partial charge in [0.25, 0.3) is 0 Å². The van der Waals surface area contributed by atoms with Crippen molar-refractivity contribution in [2.75, 3.05) is 43.1 Å². The molecule has 1 aromatic carbocycles. The fraction of sp³-hybridized carbons (Fsp3) is 0.444. The molecule has 0 unspecified atom stereocenters. The minimum Gasteiger partial charge on any atom is -0.493 e. The standard InChI is InChI=1S/C18H21FN4O2/c19-13-3-4-14-15(2-1-7-25-16(14)10-13)22-17-11-18(21-12-20-17)23-5-8-24-9-6-23/h3-4,10-12,15H,1-2,5-9H2,(H,20,21,22)/t15-/m0/s1. The third kappa shape index (κ3) is 3.66. The van der Waals surface area contributed by atoms with E-state index in [4.69, 9.17) is 9.47 Å². The first-order valence-corrected chi connectivity index (χ1v) is 8.63. The molecule has 7 heteroatoms. The number of hydrogen-bond acceptors (Lipinski definition) is 6. The Balaban J connectivity index is 1.56. The summed E-state index contributed by atoms with van der Waals surface area (Å²) in [5.74, 6) is 1.98. The normalized spacial score (nSPS) is 20.4. The summed E-state index contributed by atoms with van der Waals surface area (Å²) < 4.78 is 24.6. The van der Waals surface area contributed by atoms with Gasteiger partial charge in [0.15, 0.2) is 0 Å². The Morgan fingerprint density at radius 3 is 2.88 bits per heavy atom. The second-order valence-corrected chi connectivity index (χ2v) is 6.23. The van der Waals surface area contributed by atoms with Gasteiger partial charge in [0.1, 0.15) is 29.5 Å². The molecule has 0 saturated carbocycles. The quantitative estimate of drug-likeness (QED) is 0.924. The number of fused-ring (bicyclic) bond motifs is 1. The maximum absolute atomic E-state index is 13.5. The third-order valence-corrected chi connectivity index (χ3v) is 4.56. The van der Waals surface area contributed by atoms with E-state index in [1.807, 2.05) is 6.07 Å². The van der Waals surface area contributed by atoms with Crippen LogP contribution in [0.3, 0.4) is 0 Å². The van der Waals surface area contributed by atoms with Crippen molar-refractivity contribution in [2.45, 2.75) is 18.9 Å². The van der Waals surface area contributed by atoms with Crippen molar-refractivity contribution in [3.8, 4) is 5.75 Å². The molecule has 25 heavy (non-hydrogen) atoms. The van der Waals surface area contributed by atoms with Crippen LogP contribution in [0.5, 0.6) is 5.75 Å². The molecule has 1 atom stereocenters. The zero-order chi connectivity index (χ0) is 17.1. The van der Waals surface area contributed by atoms with Gasteiger partial charge in [-0.2, -0.15) is 0 Å². The van der Waals surface area contributed by atoms with Crippen LogP contribution in [0, 0.1) is 5.82 Å². The van der Waals surface area contributed by atoms with Gasteiger partial charge in [-0.1, -0.05) is 6.07 Å². The average Bonchev–Trinajstić information content (AvgIpc) is 2.84. The summed E-state index contributed by atoms with van der Waals surface area (Å²) >= 11 is 0. The van der Waals surface area contributed by atoms with Crippen molar-refractivity contribution < 1.29 is 13.9 Å². The number of nitrogens with zero attached hydrogens (tertiary/aromatic N) is 3. The second-order valence-electron chi connectivity index (χ2n) is 6.23. The molecule has 2 aromatic rings. The highest BCUT2D eigenvalue weighted by Gasteiger charge is 2.21. The van der Waals surface area contributed by atoms with Crippen LogP contribution in [0.4, 0.5) is 16.0 Å². The summed E-state index contributed by atoms with van der Waals surface area (Å²) in [4.78, 5) is 10.9. The number of halogens is 1. The average molecular weight is 344 g/mol. The summed E-state index contributed by atoms with van der Waals surface area (Å²) in [5, 5.41) is 3.46. The minimum atomic E-state index is -0.281. The number of hydrogen-bond donors (Lipinski definition) is 1. The zero-order valence-electron chi connectivity index (χ0n) is 13.9. The van der Waals surface area contributed by atoms with Crippen LogP contribution in [-0.4, -0.2) is 42.9 Å². The monoisotopic (exact) mass is 344 g/mol. The Labute approximate surface area is 146 Å². The molecule has 2 aliphatic heterocycles. The van der Waals surface area contributed by atoms with E-state index < -0.39 is 0 Å². The molecule has 1 aromatic heterocycles. The molecule has 0 amide bonds. The van der Waals surface area contributed by atoms with Crippen LogP contribution in [0.15, 0.2) is 30.6 Å². The number of nitrogens with one attached hydrogen (secondary N) is 1. The Morgan fingerprint density at radius 2 is 2.00 bits per heavy atom. The highest BCUT2D eigenvalue weighted by Crippen LogP contribution is 2.34. The summed E-state index contributed by atoms with van der Waals surface area (Å²) in [6.45, 7) is 3.68. The van der Waals surface area contributed by atoms with Gasteiger partial charge in [0.05, 0.1) is 25.9 Å². The fourth-order valence-corrected chi connectivity index (χ4v) is 3.27. The zero-order valence-corrected chi connectivity index (χ0v) is 13.9. The van der Waals surface area contributed by atoms with E-state index in [0.29, 0.717) is 25.6 Å². The summed E-state index contributed by atoms with van der Waals surface area (Å²) in [5.41, 5.74) is 0.963. The van der Waals surface area contributed by atoms with Gasteiger partial charge in [-0.25, -0.2) is 14.4 Å². The highest BCUT2D eigenvalue weighted by molar-refractivity contribution is 5.51. The third-order valence-electron chi connectivity index (χ3n) is 4.56. The molecule has 0 aliphatic carbocycles. The van der Waals surface area contributed by atoms with Gasteiger partial charge in [0, 0.05) is 30.8 Å². The van der Waals surface area contributed by atoms with Crippen LogP contribution in [0.25, 0.3) is 0 Å². The highest BCUT2D eigenvalue weighted by atomic mass is 19.1. The van der Waals surface area contributed by atoms with Gasteiger partial charge < -0.3 is 19.7 Å². The molecule has 6 nitrogen and oxygen atoms in total. The van der Waals surface area contributed by atoms with Gasteiger partial charge >= 0.3 is 0 Å². The van der Waals surface area contributed by atoms with Crippen LogP contribution < -0.4 is 15.0 Å². The van der Waals surface area contributed by atoms with Gasteiger partial charge in [-0.15, -0.1) is 0 Å². The number of rotatable bonds is 3. The lowest BCUT2D eigenvalue weighted by atomic mass is 10.0. The maximum atomic E-state index is 13.5. The lowest BCUT2D eigenvalue weighted by Gasteiger charge is -2.28. The van der Waals surface area contributed by atoms with E-state index in [0.717, 1.165) is 43.1 Å². The first kappa shape index (κ1) is 16.1. The number of anilines is 2. The Morgan fingerprint density at radius 1 is 1.12 bits per heavy atom. The molecule has 1 N–H and O–H groups in total. The van der Waals surface area contributed by atoms with Gasteiger partial charge in [0.2, 0.25) is 0 Å². The van der Waals surface area contributed by atoms with Crippen molar-refractivity contribution in [2.24, 2.45) is 0 Å². The molecule has 1 saturated heterocycles. The van der Waals surface area contributed by atoms with Crippen molar-refractivity contribution in [1.82, 2.24) is 9.97 Å². The molecule has 0 spiro atoms. The molecule has 132 valence electrons. The topological polar surface area (TPSA) is 59.5 Å². The van der Waals surface area contributed by atoms with E-state index in [2.05, 4.69) is 20.2 Å². The van der Waals surface area contributed by atoms with E-state index in [1.54, 1.807) is 12.4 Å². The van der Waals surface area contributed by atoms with Crippen LogP contribution in [0.2, 0.25) is 0 Å². The number of morpholine rings is 1. The first-order chi connectivity index (χ1) is 12.3. The van der Waals surface area contributed by atoms with Crippen LogP contribution in [0.1, 0.15) is 24.4 Å². The van der Waals surface area contributed by atoms with E-state index in [-0.39, 0.29) is 11.9 Å². The van der Waals surface area contributed by atoms with Gasteiger partial charge in [-0.3, -0.25) is 0 Å². The molecule has 3 heterocycles. The van der Waals surface area contributed by atoms with Crippen LogP contribution in [-0.2, 0) is 4.74 Å². The molecule has 4 rings (SSSR count). The second kappa shape index (κ2) is 7.23. The maximum Gasteiger partial charge on any atom is 0.134 e. The minimum absolute atomic E-state index is 0.0329. The summed E-state index contributed by atoms with van der Waals surface area (Å²) in [6, 6.07) is 6.71. The Kier molecular flexibility index (Phi) is 4.65. The predicted octanol–water partition coefficient (Wildman–Crippen LogP) is 2.78. The van der Waals surface area contributed by atoms with E-state index >= 15 is 0 Å². The lowest BCUT2D eigenvalue weighted by molar-refractivity contribution is 0.122. The molecule has 2 aliphatic rings. The summed E-state index contributed by atoms with van der Waals surface area (Å²) in [7, 11) is 0. The number of aromatic nitrogens is 2. The van der Waals surface area contributed by atoms with Crippen molar-refractivity contribution in [3.05, 3.63) is 42.0 Å². The van der Waals surface area contributed by atoms with Crippen molar-refractivity contribution >= 4 is 11.6 Å². The lowest BCUT2D eigenvalue weighted by Crippen LogP contribution is -2.36. The van der Waals surface area contributed by atoms with Crippen LogP contribution >= 0.6 is 0 Å². The smallest absolute Gasteiger partial charge is 0.134 e. The number of ether oxygens (including phenoxy) is 2. The summed E-state index contributed by atoms with van der Waals surface area (Å²) in [6.07, 6.45) is 3.37. The molecule has 0 bridgehead atoms. The molecular weight excluding hydrogens is 323 g/mol. The Bertz CT molecular complexity index is 737. The SMILES string of the molecule is Fc1ccc2c(c1)OCCC[C@@H]2Nc1cc(N2CCOCC2)ncn1. The largest absolute Gasteiger partial charge is 0.493 e. The van der Waals surface area contributed by atoms with Gasteiger partial charge in [-0.05, 0) is 18.9 Å². The van der Waals surface area contributed by atoms with E-state index in [1.165, 1.54) is 12.1 Å². The van der Waals surface area contributed by atoms with E-state index in [9.17, 15) is 4.39 Å². The Hall–Kier alpha value is -2.41. The molecular formula is C18H21FN4O2. The molecule has 0 radical (unpaired) electrons. The van der Waals surface area contributed by atoms with Crippen molar-refractivity contribution in [1.29, 1.82) is 0 Å². The molecule has 1 fully saturated rings. The predicted molar refractivity (Wildman–Crippen MR) is 92.6 cm³/mol. The van der Waals surface area contributed by atoms with Crippen molar-refractivity contribution in [3.63, 3.8) is 0 Å². The first-order valence-electron chi connectivity index (χ1n) is 8.63.